The highest BCUT2D eigenvalue weighted by molar-refractivity contribution is 7.85. The number of carboxylic acids is 1. The van der Waals surface area contributed by atoms with Crippen LogP contribution in [0.2, 0.25) is 0 Å². The molecular weight excluding hydrogens is 234 g/mol. The quantitative estimate of drug-likeness (QED) is 0.800. The molecule has 3 atom stereocenters. The number of carboxylic acid groups (broad SMARTS) is 1. The lowest BCUT2D eigenvalue weighted by Gasteiger charge is -2.27. The minimum absolute atomic E-state index is 0.0827. The SMILES string of the molecule is O=C(O)C1CS(=O)CC(c2cccs2)N1. The molecule has 4 nitrogen and oxygen atoms in total. The summed E-state index contributed by atoms with van der Waals surface area (Å²) >= 11 is 1.56. The van der Waals surface area contributed by atoms with Crippen LogP contribution in [0, 0.1) is 0 Å². The smallest absolute Gasteiger partial charge is 0.321 e. The van der Waals surface area contributed by atoms with Gasteiger partial charge in [0.25, 0.3) is 0 Å². The second kappa shape index (κ2) is 4.42. The number of carbonyl (C=O) groups is 1. The van der Waals surface area contributed by atoms with Gasteiger partial charge in [0.15, 0.2) is 0 Å². The van der Waals surface area contributed by atoms with E-state index in [1.165, 1.54) is 0 Å². The molecule has 6 heteroatoms. The van der Waals surface area contributed by atoms with Gasteiger partial charge in [0.2, 0.25) is 0 Å². The van der Waals surface area contributed by atoms with Crippen LogP contribution in [0.1, 0.15) is 10.9 Å². The van der Waals surface area contributed by atoms with Gasteiger partial charge in [-0.3, -0.25) is 14.3 Å². The first-order chi connectivity index (χ1) is 7.16. The highest BCUT2D eigenvalue weighted by Crippen LogP contribution is 2.23. The van der Waals surface area contributed by atoms with Crippen molar-refractivity contribution in [2.45, 2.75) is 12.1 Å². The van der Waals surface area contributed by atoms with Gasteiger partial charge in [-0.25, -0.2) is 0 Å². The van der Waals surface area contributed by atoms with E-state index in [1.807, 2.05) is 17.5 Å². The molecule has 1 aliphatic heterocycles. The summed E-state index contributed by atoms with van der Waals surface area (Å²) in [6.07, 6.45) is 0. The maximum atomic E-state index is 11.5. The lowest BCUT2D eigenvalue weighted by Crippen LogP contribution is -2.49. The molecule has 82 valence electrons. The Bertz CT molecular complexity index is 377. The molecule has 1 aromatic heterocycles. The zero-order chi connectivity index (χ0) is 10.8. The van der Waals surface area contributed by atoms with Gasteiger partial charge in [-0.05, 0) is 11.4 Å². The highest BCUT2D eigenvalue weighted by atomic mass is 32.2. The Hall–Kier alpha value is -0.720. The van der Waals surface area contributed by atoms with Crippen LogP contribution in [0.25, 0.3) is 0 Å². The van der Waals surface area contributed by atoms with Gasteiger partial charge in [0.05, 0.1) is 6.04 Å². The van der Waals surface area contributed by atoms with Crippen LogP contribution < -0.4 is 5.32 Å². The largest absolute Gasteiger partial charge is 0.480 e. The molecule has 0 aromatic carbocycles. The number of thiophene rings is 1. The summed E-state index contributed by atoms with van der Waals surface area (Å²) in [5, 5.41) is 13.8. The first-order valence-corrected chi connectivity index (χ1v) is 6.91. The molecule has 0 radical (unpaired) electrons. The van der Waals surface area contributed by atoms with Crippen molar-refractivity contribution in [2.24, 2.45) is 0 Å². The minimum Gasteiger partial charge on any atom is -0.480 e. The standard InChI is InChI=1S/C9H11NO3S2/c11-9(12)7-5-15(13)4-6(10-7)8-2-1-3-14-8/h1-3,6-7,10H,4-5H2,(H,11,12). The fraction of sp³-hybridized carbons (Fsp3) is 0.444. The molecule has 15 heavy (non-hydrogen) atoms. The number of nitrogens with one attached hydrogen (secondary N) is 1. The maximum Gasteiger partial charge on any atom is 0.321 e. The first-order valence-electron chi connectivity index (χ1n) is 4.54. The topological polar surface area (TPSA) is 66.4 Å². The van der Waals surface area contributed by atoms with Crippen molar-refractivity contribution in [3.63, 3.8) is 0 Å². The monoisotopic (exact) mass is 245 g/mol. The van der Waals surface area contributed by atoms with Gasteiger partial charge < -0.3 is 5.11 Å². The van der Waals surface area contributed by atoms with E-state index in [9.17, 15) is 9.00 Å². The molecule has 1 aromatic rings. The lowest BCUT2D eigenvalue weighted by atomic mass is 10.2. The Morgan fingerprint density at radius 1 is 1.60 bits per heavy atom. The summed E-state index contributed by atoms with van der Waals surface area (Å²) in [5.41, 5.74) is 0. The molecule has 3 unspecified atom stereocenters. The van der Waals surface area contributed by atoms with E-state index in [2.05, 4.69) is 5.32 Å². The van der Waals surface area contributed by atoms with E-state index in [0.29, 0.717) is 5.75 Å². The molecular formula is C9H11NO3S2. The fourth-order valence-corrected chi connectivity index (χ4v) is 3.86. The second-order valence-corrected chi connectivity index (χ2v) is 5.92. The Morgan fingerprint density at radius 2 is 2.40 bits per heavy atom. The van der Waals surface area contributed by atoms with E-state index < -0.39 is 22.8 Å². The van der Waals surface area contributed by atoms with Gasteiger partial charge in [-0.15, -0.1) is 11.3 Å². The molecule has 0 saturated carbocycles. The summed E-state index contributed by atoms with van der Waals surface area (Å²) in [4.78, 5) is 11.9. The van der Waals surface area contributed by atoms with Crippen LogP contribution in [-0.2, 0) is 15.6 Å². The fourth-order valence-electron chi connectivity index (χ4n) is 1.58. The van der Waals surface area contributed by atoms with E-state index in [-0.39, 0.29) is 11.8 Å². The number of aliphatic carboxylic acids is 1. The zero-order valence-corrected chi connectivity index (χ0v) is 9.51. The van der Waals surface area contributed by atoms with E-state index in [4.69, 9.17) is 5.11 Å². The van der Waals surface area contributed by atoms with E-state index in [0.717, 1.165) is 4.88 Å². The Kier molecular flexibility index (Phi) is 3.18. The molecule has 1 fully saturated rings. The van der Waals surface area contributed by atoms with Crippen molar-refractivity contribution in [1.29, 1.82) is 0 Å². The molecule has 0 spiro atoms. The van der Waals surface area contributed by atoms with Crippen LogP contribution in [-0.4, -0.2) is 32.8 Å². The van der Waals surface area contributed by atoms with Crippen molar-refractivity contribution < 1.29 is 14.1 Å². The average molecular weight is 245 g/mol. The third-order valence-electron chi connectivity index (χ3n) is 2.29. The number of rotatable bonds is 2. The molecule has 2 N–H and O–H groups in total. The number of hydrogen-bond acceptors (Lipinski definition) is 4. The van der Waals surface area contributed by atoms with Crippen molar-refractivity contribution in [2.75, 3.05) is 11.5 Å². The van der Waals surface area contributed by atoms with Gasteiger partial charge in [0.1, 0.15) is 6.04 Å². The van der Waals surface area contributed by atoms with Crippen molar-refractivity contribution in [1.82, 2.24) is 5.32 Å². The molecule has 1 aliphatic rings. The van der Waals surface area contributed by atoms with Gasteiger partial charge in [-0.1, -0.05) is 6.07 Å². The Morgan fingerprint density at radius 3 is 3.00 bits per heavy atom. The molecule has 0 bridgehead atoms. The summed E-state index contributed by atoms with van der Waals surface area (Å²) in [6, 6.07) is 3.08. The maximum absolute atomic E-state index is 11.5. The van der Waals surface area contributed by atoms with Crippen LogP contribution in [0.4, 0.5) is 0 Å². The molecule has 1 saturated heterocycles. The van der Waals surface area contributed by atoms with Crippen LogP contribution in [0.5, 0.6) is 0 Å². The number of hydrogen-bond donors (Lipinski definition) is 2. The van der Waals surface area contributed by atoms with Crippen molar-refractivity contribution in [3.05, 3.63) is 22.4 Å². The molecule has 2 rings (SSSR count). The molecule has 0 amide bonds. The zero-order valence-electron chi connectivity index (χ0n) is 7.88. The molecule has 0 aliphatic carbocycles. The van der Waals surface area contributed by atoms with Crippen LogP contribution >= 0.6 is 11.3 Å². The van der Waals surface area contributed by atoms with Crippen molar-refractivity contribution >= 4 is 28.1 Å². The summed E-state index contributed by atoms with van der Waals surface area (Å²) in [7, 11) is -1.04. The summed E-state index contributed by atoms with van der Waals surface area (Å²) in [6.45, 7) is 0. The predicted molar refractivity (Wildman–Crippen MR) is 59.5 cm³/mol. The van der Waals surface area contributed by atoms with Crippen molar-refractivity contribution in [3.8, 4) is 0 Å². The predicted octanol–water partition coefficient (Wildman–Crippen LogP) is 0.594. The first kappa shape index (κ1) is 10.8. The Balaban J connectivity index is 2.14. The van der Waals surface area contributed by atoms with E-state index >= 15 is 0 Å². The van der Waals surface area contributed by atoms with Gasteiger partial charge in [0, 0.05) is 27.2 Å². The van der Waals surface area contributed by atoms with Crippen LogP contribution in [0.3, 0.4) is 0 Å². The van der Waals surface area contributed by atoms with E-state index in [1.54, 1.807) is 11.3 Å². The van der Waals surface area contributed by atoms with Gasteiger partial charge >= 0.3 is 5.97 Å². The summed E-state index contributed by atoms with van der Waals surface area (Å²) in [5.74, 6) is -0.216. The summed E-state index contributed by atoms with van der Waals surface area (Å²) < 4.78 is 11.5. The highest BCUT2D eigenvalue weighted by Gasteiger charge is 2.31. The molecule has 2 heterocycles. The lowest BCUT2D eigenvalue weighted by molar-refractivity contribution is -0.139. The second-order valence-electron chi connectivity index (χ2n) is 3.40. The normalized spacial score (nSPS) is 31.3. The third kappa shape index (κ3) is 2.45. The Labute approximate surface area is 93.8 Å². The van der Waals surface area contributed by atoms with Crippen LogP contribution in [0.15, 0.2) is 17.5 Å². The minimum atomic E-state index is -1.04. The van der Waals surface area contributed by atoms with Gasteiger partial charge in [-0.2, -0.15) is 0 Å². The third-order valence-corrected chi connectivity index (χ3v) is 4.69. The average Bonchev–Trinajstić information content (AvgIpc) is 2.69.